The van der Waals surface area contributed by atoms with Crippen LogP contribution >= 0.6 is 31.9 Å². The van der Waals surface area contributed by atoms with Crippen LogP contribution in [0.25, 0.3) is 0 Å². The minimum absolute atomic E-state index is 1.29. The molecule has 0 saturated carbocycles. The molecule has 0 bridgehead atoms. The van der Waals surface area contributed by atoms with E-state index in [2.05, 4.69) is 84.9 Å². The highest BCUT2D eigenvalue weighted by Gasteiger charge is 2.32. The van der Waals surface area contributed by atoms with E-state index >= 15 is 0 Å². The van der Waals surface area contributed by atoms with Gasteiger partial charge >= 0.3 is 0 Å². The van der Waals surface area contributed by atoms with Crippen molar-refractivity contribution in [2.45, 2.75) is 84.7 Å². The number of hydrogen-bond donors (Lipinski definition) is 0. The Labute approximate surface area is 163 Å². The zero-order valence-electron chi connectivity index (χ0n) is 16.1. The molecule has 0 aliphatic carbocycles. The predicted octanol–water partition coefficient (Wildman–Crippen LogP) is 6.95. The van der Waals surface area contributed by atoms with Gasteiger partial charge in [-0.3, -0.25) is 0 Å². The molecule has 0 nitrogen and oxygen atoms in total. The van der Waals surface area contributed by atoms with Crippen molar-refractivity contribution < 1.29 is 0 Å². The van der Waals surface area contributed by atoms with Crippen molar-refractivity contribution in [3.8, 4) is 0 Å². The van der Waals surface area contributed by atoms with Crippen molar-refractivity contribution in [3.63, 3.8) is 0 Å². The van der Waals surface area contributed by atoms with Crippen LogP contribution in [0.15, 0.2) is 15.0 Å². The van der Waals surface area contributed by atoms with Crippen molar-refractivity contribution >= 4 is 58.4 Å². The Morgan fingerprint density at radius 2 is 1.35 bits per heavy atom. The van der Waals surface area contributed by atoms with Gasteiger partial charge in [0.2, 0.25) is 0 Å². The first-order valence-electron chi connectivity index (χ1n) is 9.08. The molecule has 0 atom stereocenters. The third kappa shape index (κ3) is 5.29. The van der Waals surface area contributed by atoms with Crippen LogP contribution in [0, 0.1) is 6.92 Å². The minimum atomic E-state index is -1.39. The quantitative estimate of drug-likeness (QED) is 0.355. The van der Waals surface area contributed by atoms with Crippen LogP contribution < -0.4 is 10.4 Å². The molecule has 0 aliphatic heterocycles. The Kier molecular flexibility index (Phi) is 8.30. The first kappa shape index (κ1) is 21.7. The number of rotatable bonds is 8. The molecule has 0 saturated heterocycles. The van der Waals surface area contributed by atoms with E-state index in [1.165, 1.54) is 52.3 Å². The van der Waals surface area contributed by atoms with Crippen molar-refractivity contribution in [3.05, 3.63) is 20.6 Å². The molecule has 0 N–H and O–H groups in total. The second kappa shape index (κ2) is 8.82. The molecule has 23 heavy (non-hydrogen) atoms. The molecular weight excluding hydrogens is 444 g/mol. The first-order valence-corrected chi connectivity index (χ1v) is 17.1. The standard InChI is InChI=1S/C19H34Br2Si2/c1-8-10-12-22(4,5)17-14-16(20)19(15(3)18(17)21)23(6,7)13-11-9-2/h14H,8-13H2,1-7H3. The highest BCUT2D eigenvalue weighted by molar-refractivity contribution is 9.11. The predicted molar refractivity (Wildman–Crippen MR) is 120 cm³/mol. The van der Waals surface area contributed by atoms with Gasteiger partial charge < -0.3 is 0 Å². The first-order chi connectivity index (χ1) is 10.6. The Balaban J connectivity index is 3.34. The summed E-state index contributed by atoms with van der Waals surface area (Å²) in [7, 11) is -2.77. The fourth-order valence-corrected chi connectivity index (χ4v) is 14.2. The Bertz CT molecular complexity index is 537. The smallest absolute Gasteiger partial charge is 0.0654 e. The number of unbranched alkanes of at least 4 members (excludes halogenated alkanes) is 2. The highest BCUT2D eigenvalue weighted by atomic mass is 79.9. The lowest BCUT2D eigenvalue weighted by molar-refractivity contribution is 0.870. The fourth-order valence-electron chi connectivity index (χ4n) is 3.57. The van der Waals surface area contributed by atoms with Crippen LogP contribution in [0.5, 0.6) is 0 Å². The SMILES string of the molecule is CCCC[Si](C)(C)c1cc(Br)c([Si](C)(C)CCCC)c(C)c1Br. The van der Waals surface area contributed by atoms with Gasteiger partial charge in [-0.1, -0.05) is 110 Å². The summed E-state index contributed by atoms with van der Waals surface area (Å²) in [5.74, 6) is 0. The number of benzene rings is 1. The average Bonchev–Trinajstić information content (AvgIpc) is 2.46. The molecule has 0 unspecified atom stereocenters. The average molecular weight is 478 g/mol. The van der Waals surface area contributed by atoms with Gasteiger partial charge in [-0.15, -0.1) is 0 Å². The van der Waals surface area contributed by atoms with E-state index in [1.807, 2.05) is 0 Å². The van der Waals surface area contributed by atoms with Crippen molar-refractivity contribution in [2.75, 3.05) is 0 Å². The summed E-state index contributed by atoms with van der Waals surface area (Å²) in [6.07, 6.45) is 5.29. The van der Waals surface area contributed by atoms with Crippen LogP contribution in [0.3, 0.4) is 0 Å². The molecular formula is C19H34Br2Si2. The summed E-state index contributed by atoms with van der Waals surface area (Å²) in [4.78, 5) is 0. The molecule has 0 amide bonds. The van der Waals surface area contributed by atoms with E-state index in [4.69, 9.17) is 0 Å². The maximum absolute atomic E-state index is 3.99. The molecule has 1 aromatic rings. The number of halogens is 2. The fraction of sp³-hybridized carbons (Fsp3) is 0.684. The minimum Gasteiger partial charge on any atom is -0.0654 e. The summed E-state index contributed by atoms with van der Waals surface area (Å²) in [6.45, 7) is 17.0. The molecule has 1 rings (SSSR count). The summed E-state index contributed by atoms with van der Waals surface area (Å²) in [5.41, 5.74) is 1.50. The third-order valence-corrected chi connectivity index (χ3v) is 14.6. The molecule has 4 heteroatoms. The second-order valence-electron chi connectivity index (χ2n) is 8.19. The maximum atomic E-state index is 3.99. The van der Waals surface area contributed by atoms with Gasteiger partial charge in [-0.2, -0.15) is 0 Å². The van der Waals surface area contributed by atoms with Crippen LogP contribution in [-0.4, -0.2) is 16.1 Å². The molecule has 0 aromatic heterocycles. The van der Waals surface area contributed by atoms with E-state index in [9.17, 15) is 0 Å². The molecule has 0 spiro atoms. The van der Waals surface area contributed by atoms with Crippen LogP contribution in [0.4, 0.5) is 0 Å². The van der Waals surface area contributed by atoms with Gasteiger partial charge in [0.05, 0.1) is 16.1 Å². The lowest BCUT2D eigenvalue weighted by atomic mass is 10.2. The zero-order valence-corrected chi connectivity index (χ0v) is 21.2. The summed E-state index contributed by atoms with van der Waals surface area (Å²) in [5, 5.41) is 3.22. The van der Waals surface area contributed by atoms with Crippen molar-refractivity contribution in [1.29, 1.82) is 0 Å². The van der Waals surface area contributed by atoms with E-state index < -0.39 is 16.1 Å². The molecule has 0 heterocycles. The summed E-state index contributed by atoms with van der Waals surface area (Å²) >= 11 is 7.95. The Hall–Kier alpha value is 0.614. The van der Waals surface area contributed by atoms with Gasteiger partial charge in [0, 0.05) is 8.95 Å². The Morgan fingerprint density at radius 3 is 1.83 bits per heavy atom. The molecule has 1 aromatic carbocycles. The lowest BCUT2D eigenvalue weighted by Gasteiger charge is -2.31. The van der Waals surface area contributed by atoms with Crippen LogP contribution in [0.1, 0.15) is 45.1 Å². The molecule has 0 fully saturated rings. The monoisotopic (exact) mass is 476 g/mol. The van der Waals surface area contributed by atoms with Gasteiger partial charge in [0.15, 0.2) is 0 Å². The topological polar surface area (TPSA) is 0 Å². The zero-order chi connectivity index (χ0) is 17.8. The second-order valence-corrected chi connectivity index (χ2v) is 19.4. The summed E-state index contributed by atoms with van der Waals surface area (Å²) in [6, 6.07) is 5.23. The molecule has 0 radical (unpaired) electrons. The Morgan fingerprint density at radius 1 is 0.870 bits per heavy atom. The van der Waals surface area contributed by atoms with E-state index in [1.54, 1.807) is 10.4 Å². The largest absolute Gasteiger partial charge is 0.0825 e. The normalized spacial score (nSPS) is 12.7. The van der Waals surface area contributed by atoms with Crippen LogP contribution in [0.2, 0.25) is 38.3 Å². The van der Waals surface area contributed by atoms with Gasteiger partial charge in [0.25, 0.3) is 0 Å². The van der Waals surface area contributed by atoms with E-state index in [0.717, 1.165) is 0 Å². The van der Waals surface area contributed by atoms with E-state index in [0.29, 0.717) is 0 Å². The number of hydrogen-bond acceptors (Lipinski definition) is 0. The van der Waals surface area contributed by atoms with Crippen molar-refractivity contribution in [1.82, 2.24) is 0 Å². The maximum Gasteiger partial charge on any atom is 0.0825 e. The van der Waals surface area contributed by atoms with Gasteiger partial charge in [0.1, 0.15) is 0 Å². The van der Waals surface area contributed by atoms with Gasteiger partial charge in [-0.25, -0.2) is 0 Å². The lowest BCUT2D eigenvalue weighted by Crippen LogP contribution is -2.48. The molecule has 0 aliphatic rings. The summed E-state index contributed by atoms with van der Waals surface area (Å²) < 4.78 is 2.78. The third-order valence-electron chi connectivity index (χ3n) is 5.17. The van der Waals surface area contributed by atoms with Gasteiger partial charge in [-0.05, 0) is 28.9 Å². The van der Waals surface area contributed by atoms with Crippen LogP contribution in [-0.2, 0) is 0 Å². The highest BCUT2D eigenvalue weighted by Crippen LogP contribution is 2.28. The van der Waals surface area contributed by atoms with Crippen molar-refractivity contribution in [2.24, 2.45) is 0 Å². The van der Waals surface area contributed by atoms with E-state index in [-0.39, 0.29) is 0 Å². The molecule has 132 valence electrons.